The van der Waals surface area contributed by atoms with Gasteiger partial charge in [-0.15, -0.1) is 0 Å². The van der Waals surface area contributed by atoms with E-state index in [2.05, 4.69) is 10.1 Å². The van der Waals surface area contributed by atoms with Crippen LogP contribution in [-0.2, 0) is 10.8 Å². The number of rotatable bonds is 8. The van der Waals surface area contributed by atoms with Crippen molar-refractivity contribution in [3.05, 3.63) is 29.8 Å². The number of halogens is 2. The molecule has 2 unspecified atom stereocenters. The maximum Gasteiger partial charge on any atom is 0.387 e. The Morgan fingerprint density at radius 3 is 2.79 bits per heavy atom. The zero-order chi connectivity index (χ0) is 14.3. The van der Waals surface area contributed by atoms with Gasteiger partial charge in [-0.05, 0) is 24.6 Å². The van der Waals surface area contributed by atoms with Crippen molar-refractivity contribution in [1.82, 2.24) is 5.32 Å². The summed E-state index contributed by atoms with van der Waals surface area (Å²) < 4.78 is 39.9. The summed E-state index contributed by atoms with van der Waals surface area (Å²) in [6, 6.07) is 6.59. The standard InChI is InChI=1S/C13H19F2NO2S/c1-3-19(17)8-7-16-10(2)11-5-4-6-12(9-11)18-13(14)15/h4-6,9-10,13,16H,3,7-8H2,1-2H3. The molecule has 0 heterocycles. The summed E-state index contributed by atoms with van der Waals surface area (Å²) in [6.07, 6.45) is 0. The van der Waals surface area contributed by atoms with Gasteiger partial charge >= 0.3 is 6.61 Å². The normalized spacial score (nSPS) is 14.4. The van der Waals surface area contributed by atoms with Gasteiger partial charge in [0.15, 0.2) is 0 Å². The third-order valence-corrected chi connectivity index (χ3v) is 3.99. The third kappa shape index (κ3) is 6.11. The zero-order valence-corrected chi connectivity index (χ0v) is 11.9. The highest BCUT2D eigenvalue weighted by molar-refractivity contribution is 7.84. The lowest BCUT2D eigenvalue weighted by molar-refractivity contribution is -0.0499. The molecule has 108 valence electrons. The average Bonchev–Trinajstić information content (AvgIpc) is 2.37. The zero-order valence-electron chi connectivity index (χ0n) is 11.1. The van der Waals surface area contributed by atoms with E-state index in [9.17, 15) is 13.0 Å². The molecule has 6 heteroatoms. The van der Waals surface area contributed by atoms with Crippen LogP contribution in [0.25, 0.3) is 0 Å². The monoisotopic (exact) mass is 291 g/mol. The number of alkyl halides is 2. The van der Waals surface area contributed by atoms with E-state index in [4.69, 9.17) is 0 Å². The molecule has 0 saturated heterocycles. The fourth-order valence-electron chi connectivity index (χ4n) is 1.61. The summed E-state index contributed by atoms with van der Waals surface area (Å²) in [5.41, 5.74) is 0.862. The van der Waals surface area contributed by atoms with E-state index in [1.54, 1.807) is 12.1 Å². The second-order valence-corrected chi connectivity index (χ2v) is 5.92. The van der Waals surface area contributed by atoms with E-state index in [0.717, 1.165) is 5.56 Å². The van der Waals surface area contributed by atoms with Crippen molar-refractivity contribution in [1.29, 1.82) is 0 Å². The highest BCUT2D eigenvalue weighted by atomic mass is 32.2. The van der Waals surface area contributed by atoms with Gasteiger partial charge in [0.05, 0.1) is 0 Å². The summed E-state index contributed by atoms with van der Waals surface area (Å²) in [4.78, 5) is 0. The number of hydrogen-bond acceptors (Lipinski definition) is 3. The molecule has 0 aliphatic heterocycles. The minimum Gasteiger partial charge on any atom is -0.435 e. The SMILES string of the molecule is CCS(=O)CCNC(C)c1cccc(OC(F)F)c1. The minimum atomic E-state index is -2.81. The molecular formula is C13H19F2NO2S. The summed E-state index contributed by atoms with van der Waals surface area (Å²) in [7, 11) is -0.798. The van der Waals surface area contributed by atoms with Gasteiger partial charge in [-0.25, -0.2) is 0 Å². The van der Waals surface area contributed by atoms with E-state index in [1.165, 1.54) is 6.07 Å². The Morgan fingerprint density at radius 1 is 1.42 bits per heavy atom. The Balaban J connectivity index is 2.51. The predicted molar refractivity (Wildman–Crippen MR) is 73.0 cm³/mol. The van der Waals surface area contributed by atoms with E-state index in [1.807, 2.05) is 19.9 Å². The largest absolute Gasteiger partial charge is 0.435 e. The highest BCUT2D eigenvalue weighted by Crippen LogP contribution is 2.20. The smallest absolute Gasteiger partial charge is 0.387 e. The molecule has 0 aliphatic rings. The van der Waals surface area contributed by atoms with Crippen LogP contribution in [0.5, 0.6) is 5.75 Å². The molecule has 19 heavy (non-hydrogen) atoms. The van der Waals surface area contributed by atoms with Crippen molar-refractivity contribution >= 4 is 10.8 Å². The first-order valence-corrected chi connectivity index (χ1v) is 7.65. The van der Waals surface area contributed by atoms with Crippen LogP contribution in [0.4, 0.5) is 8.78 Å². The molecule has 0 bridgehead atoms. The molecule has 0 aliphatic carbocycles. The van der Waals surface area contributed by atoms with E-state index >= 15 is 0 Å². The number of ether oxygens (including phenoxy) is 1. The molecule has 1 aromatic rings. The van der Waals surface area contributed by atoms with Crippen molar-refractivity contribution in [3.8, 4) is 5.75 Å². The summed E-state index contributed by atoms with van der Waals surface area (Å²) in [5.74, 6) is 1.39. The van der Waals surface area contributed by atoms with Gasteiger partial charge < -0.3 is 10.1 Å². The minimum absolute atomic E-state index is 0.00456. The Morgan fingerprint density at radius 2 is 2.16 bits per heavy atom. The topological polar surface area (TPSA) is 38.3 Å². The van der Waals surface area contributed by atoms with Gasteiger partial charge in [0.2, 0.25) is 0 Å². The Labute approximate surface area is 114 Å². The second-order valence-electron chi connectivity index (χ2n) is 4.06. The first kappa shape index (κ1) is 16.0. The van der Waals surface area contributed by atoms with E-state index in [0.29, 0.717) is 18.1 Å². The maximum absolute atomic E-state index is 12.1. The average molecular weight is 291 g/mol. The number of hydrogen-bond donors (Lipinski definition) is 1. The highest BCUT2D eigenvalue weighted by Gasteiger charge is 2.09. The number of benzene rings is 1. The first-order chi connectivity index (χ1) is 9.02. The summed E-state index contributed by atoms with van der Waals surface area (Å²) in [5, 5.41) is 3.21. The Hall–Kier alpha value is -1.01. The first-order valence-electron chi connectivity index (χ1n) is 6.16. The van der Waals surface area contributed by atoms with Crippen molar-refractivity contribution < 1.29 is 17.7 Å². The van der Waals surface area contributed by atoms with Gasteiger partial charge in [0.25, 0.3) is 0 Å². The molecule has 3 nitrogen and oxygen atoms in total. The fraction of sp³-hybridized carbons (Fsp3) is 0.538. The van der Waals surface area contributed by atoms with Crippen LogP contribution in [0.2, 0.25) is 0 Å². The van der Waals surface area contributed by atoms with Crippen LogP contribution in [0.15, 0.2) is 24.3 Å². The van der Waals surface area contributed by atoms with Gasteiger partial charge in [0.1, 0.15) is 5.75 Å². The number of nitrogens with one attached hydrogen (secondary N) is 1. The molecule has 2 atom stereocenters. The molecule has 1 N–H and O–H groups in total. The van der Waals surface area contributed by atoms with Crippen LogP contribution in [0.3, 0.4) is 0 Å². The van der Waals surface area contributed by atoms with Crippen LogP contribution < -0.4 is 10.1 Å². The predicted octanol–water partition coefficient (Wildman–Crippen LogP) is 2.71. The van der Waals surface area contributed by atoms with Crippen molar-refractivity contribution in [2.24, 2.45) is 0 Å². The van der Waals surface area contributed by atoms with Crippen LogP contribution >= 0.6 is 0 Å². The maximum atomic E-state index is 12.1. The van der Waals surface area contributed by atoms with Gasteiger partial charge in [0, 0.05) is 34.9 Å². The molecule has 0 spiro atoms. The lowest BCUT2D eigenvalue weighted by Crippen LogP contribution is -2.24. The van der Waals surface area contributed by atoms with E-state index < -0.39 is 17.4 Å². The van der Waals surface area contributed by atoms with Crippen molar-refractivity contribution in [2.45, 2.75) is 26.5 Å². The molecule has 0 radical (unpaired) electrons. The summed E-state index contributed by atoms with van der Waals surface area (Å²) >= 11 is 0. The van der Waals surface area contributed by atoms with Crippen LogP contribution in [0.1, 0.15) is 25.5 Å². The molecule has 0 amide bonds. The molecule has 1 aromatic carbocycles. The van der Waals surface area contributed by atoms with E-state index in [-0.39, 0.29) is 11.8 Å². The molecule has 1 rings (SSSR count). The fourth-order valence-corrected chi connectivity index (χ4v) is 2.25. The van der Waals surface area contributed by atoms with Gasteiger partial charge in [-0.1, -0.05) is 19.1 Å². The molecule has 0 aromatic heterocycles. The molecular weight excluding hydrogens is 272 g/mol. The second kappa shape index (κ2) is 8.22. The molecule has 0 fully saturated rings. The van der Waals surface area contributed by atoms with Crippen LogP contribution in [0, 0.1) is 0 Å². The van der Waals surface area contributed by atoms with Crippen LogP contribution in [-0.4, -0.2) is 28.9 Å². The molecule has 0 saturated carbocycles. The Bertz CT molecular complexity index is 415. The van der Waals surface area contributed by atoms with Crippen molar-refractivity contribution in [2.75, 3.05) is 18.1 Å². The lowest BCUT2D eigenvalue weighted by Gasteiger charge is -2.15. The lowest BCUT2D eigenvalue weighted by atomic mass is 10.1. The quantitative estimate of drug-likeness (QED) is 0.800. The summed E-state index contributed by atoms with van der Waals surface area (Å²) in [6.45, 7) is 1.62. The Kier molecular flexibility index (Phi) is 6.94. The van der Waals surface area contributed by atoms with Crippen molar-refractivity contribution in [3.63, 3.8) is 0 Å². The van der Waals surface area contributed by atoms with Gasteiger partial charge in [-0.2, -0.15) is 8.78 Å². The third-order valence-electron chi connectivity index (χ3n) is 2.69. The van der Waals surface area contributed by atoms with Gasteiger partial charge in [-0.3, -0.25) is 4.21 Å².